The van der Waals surface area contributed by atoms with E-state index < -0.39 is 0 Å². The van der Waals surface area contributed by atoms with Gasteiger partial charge in [0.25, 0.3) is 0 Å². The lowest BCUT2D eigenvalue weighted by Crippen LogP contribution is -2.20. The van der Waals surface area contributed by atoms with Crippen LogP contribution >= 0.6 is 11.3 Å². The van der Waals surface area contributed by atoms with Crippen LogP contribution in [0.4, 0.5) is 0 Å². The molecular weight excluding hydrogens is 258 g/mol. The molecule has 1 aromatic carbocycles. The summed E-state index contributed by atoms with van der Waals surface area (Å²) in [7, 11) is 0. The van der Waals surface area contributed by atoms with Gasteiger partial charge < -0.3 is 10.4 Å². The molecule has 98 valence electrons. The van der Waals surface area contributed by atoms with Crippen molar-refractivity contribution < 1.29 is 9.90 Å². The molecule has 0 saturated carbocycles. The van der Waals surface area contributed by atoms with E-state index in [-0.39, 0.29) is 12.5 Å². The number of carbonyl (C=O) groups is 1. The van der Waals surface area contributed by atoms with Crippen LogP contribution in [-0.4, -0.2) is 11.0 Å². The van der Waals surface area contributed by atoms with Gasteiger partial charge in [0, 0.05) is 17.5 Å². The molecule has 1 amide bonds. The molecule has 0 saturated heterocycles. The Labute approximate surface area is 116 Å². The largest absolute Gasteiger partial charge is 0.392 e. The minimum atomic E-state index is -0.122. The first-order valence-corrected chi connectivity index (χ1v) is 6.84. The van der Waals surface area contributed by atoms with E-state index >= 15 is 0 Å². The Balaban J connectivity index is 1.86. The molecule has 3 nitrogen and oxygen atoms in total. The second kappa shape index (κ2) is 6.87. The SMILES string of the molecule is O=C(C=Cc1cccs1)NCc1cccc(CO)c1. The quantitative estimate of drug-likeness (QED) is 0.823. The van der Waals surface area contributed by atoms with Gasteiger partial charge in [0.2, 0.25) is 5.91 Å². The van der Waals surface area contributed by atoms with Gasteiger partial charge in [-0.15, -0.1) is 11.3 Å². The summed E-state index contributed by atoms with van der Waals surface area (Å²) in [6.07, 6.45) is 3.33. The molecule has 0 unspecified atom stereocenters. The van der Waals surface area contributed by atoms with Crippen molar-refractivity contribution in [1.82, 2.24) is 5.32 Å². The van der Waals surface area contributed by atoms with Crippen molar-refractivity contribution in [3.63, 3.8) is 0 Å². The van der Waals surface area contributed by atoms with Gasteiger partial charge in [-0.3, -0.25) is 4.79 Å². The van der Waals surface area contributed by atoms with Crippen LogP contribution in [0.3, 0.4) is 0 Å². The molecule has 2 N–H and O–H groups in total. The lowest BCUT2D eigenvalue weighted by molar-refractivity contribution is -0.116. The normalized spacial score (nSPS) is 10.8. The standard InChI is InChI=1S/C15H15NO2S/c17-11-13-4-1-3-12(9-13)10-16-15(18)7-6-14-5-2-8-19-14/h1-9,17H,10-11H2,(H,16,18). The van der Waals surface area contributed by atoms with E-state index in [9.17, 15) is 4.79 Å². The summed E-state index contributed by atoms with van der Waals surface area (Å²) in [6, 6.07) is 11.4. The lowest BCUT2D eigenvalue weighted by atomic mass is 10.1. The fourth-order valence-corrected chi connectivity index (χ4v) is 2.25. The van der Waals surface area contributed by atoms with E-state index in [1.165, 1.54) is 6.08 Å². The molecule has 19 heavy (non-hydrogen) atoms. The minimum absolute atomic E-state index is 0.0140. The number of carbonyl (C=O) groups excluding carboxylic acids is 1. The summed E-state index contributed by atoms with van der Waals surface area (Å²) in [5.41, 5.74) is 1.82. The number of hydrogen-bond acceptors (Lipinski definition) is 3. The highest BCUT2D eigenvalue weighted by atomic mass is 32.1. The summed E-state index contributed by atoms with van der Waals surface area (Å²) in [5.74, 6) is -0.122. The molecule has 0 radical (unpaired) electrons. The monoisotopic (exact) mass is 273 g/mol. The molecule has 0 spiro atoms. The van der Waals surface area contributed by atoms with Crippen LogP contribution < -0.4 is 5.32 Å². The first-order chi connectivity index (χ1) is 9.28. The van der Waals surface area contributed by atoms with Crippen molar-refractivity contribution in [2.24, 2.45) is 0 Å². The van der Waals surface area contributed by atoms with Crippen molar-refractivity contribution >= 4 is 23.3 Å². The van der Waals surface area contributed by atoms with Crippen LogP contribution in [0.5, 0.6) is 0 Å². The fourth-order valence-electron chi connectivity index (χ4n) is 1.63. The van der Waals surface area contributed by atoms with Crippen molar-refractivity contribution in [2.45, 2.75) is 13.2 Å². The molecular formula is C15H15NO2S. The molecule has 0 aliphatic heterocycles. The van der Waals surface area contributed by atoms with Crippen LogP contribution in [0.15, 0.2) is 47.9 Å². The summed E-state index contributed by atoms with van der Waals surface area (Å²) < 4.78 is 0. The van der Waals surface area contributed by atoms with Crippen LogP contribution in [0.25, 0.3) is 6.08 Å². The molecule has 0 aliphatic rings. The van der Waals surface area contributed by atoms with Gasteiger partial charge in [0.15, 0.2) is 0 Å². The van der Waals surface area contributed by atoms with Gasteiger partial charge >= 0.3 is 0 Å². The summed E-state index contributed by atoms with van der Waals surface area (Å²) in [5, 5.41) is 13.8. The molecule has 1 aromatic heterocycles. The van der Waals surface area contributed by atoms with Crippen molar-refractivity contribution in [2.75, 3.05) is 0 Å². The third-order valence-electron chi connectivity index (χ3n) is 2.58. The zero-order valence-corrected chi connectivity index (χ0v) is 11.2. The highest BCUT2D eigenvalue weighted by Gasteiger charge is 1.98. The second-order valence-electron chi connectivity index (χ2n) is 4.04. The van der Waals surface area contributed by atoms with E-state index in [2.05, 4.69) is 5.32 Å². The van der Waals surface area contributed by atoms with Gasteiger partial charge in [0.05, 0.1) is 6.61 Å². The number of rotatable bonds is 5. The van der Waals surface area contributed by atoms with Crippen LogP contribution in [0.2, 0.25) is 0 Å². The Bertz CT molecular complexity index is 561. The van der Waals surface area contributed by atoms with Gasteiger partial charge in [0.1, 0.15) is 0 Å². The molecule has 0 aliphatic carbocycles. The maximum absolute atomic E-state index is 11.6. The number of aliphatic hydroxyl groups excluding tert-OH is 1. The molecule has 1 heterocycles. The predicted molar refractivity (Wildman–Crippen MR) is 77.6 cm³/mol. The first kappa shape index (κ1) is 13.5. The third-order valence-corrected chi connectivity index (χ3v) is 3.42. The summed E-state index contributed by atoms with van der Waals surface area (Å²) in [4.78, 5) is 12.7. The molecule has 4 heteroatoms. The van der Waals surface area contributed by atoms with Gasteiger partial charge in [-0.05, 0) is 28.6 Å². The summed E-state index contributed by atoms with van der Waals surface area (Å²) >= 11 is 1.59. The van der Waals surface area contributed by atoms with Crippen LogP contribution in [0, 0.1) is 0 Å². The number of hydrogen-bond donors (Lipinski definition) is 2. The molecule has 0 bridgehead atoms. The average Bonchev–Trinajstić information content (AvgIpc) is 2.96. The fraction of sp³-hybridized carbons (Fsp3) is 0.133. The maximum Gasteiger partial charge on any atom is 0.244 e. The molecule has 0 fully saturated rings. The number of benzene rings is 1. The van der Waals surface area contributed by atoms with Gasteiger partial charge in [-0.25, -0.2) is 0 Å². The van der Waals surface area contributed by atoms with Crippen LogP contribution in [-0.2, 0) is 17.9 Å². The highest BCUT2D eigenvalue weighted by molar-refractivity contribution is 7.10. The van der Waals surface area contributed by atoms with Crippen LogP contribution in [0.1, 0.15) is 16.0 Å². The minimum Gasteiger partial charge on any atom is -0.392 e. The van der Waals surface area contributed by atoms with E-state index in [0.29, 0.717) is 6.54 Å². The number of nitrogens with one attached hydrogen (secondary N) is 1. The van der Waals surface area contributed by atoms with Crippen molar-refractivity contribution in [3.8, 4) is 0 Å². The Morgan fingerprint density at radius 2 is 2.11 bits per heavy atom. The Hall–Kier alpha value is -1.91. The Kier molecular flexibility index (Phi) is 4.89. The zero-order chi connectivity index (χ0) is 13.5. The predicted octanol–water partition coefficient (Wildman–Crippen LogP) is 2.57. The van der Waals surface area contributed by atoms with Gasteiger partial charge in [-0.2, -0.15) is 0 Å². The highest BCUT2D eigenvalue weighted by Crippen LogP contribution is 2.10. The van der Waals surface area contributed by atoms with Crippen molar-refractivity contribution in [3.05, 3.63) is 63.9 Å². The smallest absolute Gasteiger partial charge is 0.244 e. The number of thiophene rings is 1. The molecule has 0 atom stereocenters. The van der Waals surface area contributed by atoms with E-state index in [4.69, 9.17) is 5.11 Å². The lowest BCUT2D eigenvalue weighted by Gasteiger charge is -2.04. The number of aliphatic hydroxyl groups is 1. The first-order valence-electron chi connectivity index (χ1n) is 5.96. The summed E-state index contributed by atoms with van der Waals surface area (Å²) in [6.45, 7) is 0.474. The second-order valence-corrected chi connectivity index (χ2v) is 5.02. The Morgan fingerprint density at radius 1 is 1.26 bits per heavy atom. The van der Waals surface area contributed by atoms with E-state index in [1.807, 2.05) is 41.8 Å². The number of amides is 1. The van der Waals surface area contributed by atoms with E-state index in [1.54, 1.807) is 17.4 Å². The average molecular weight is 273 g/mol. The maximum atomic E-state index is 11.6. The van der Waals surface area contributed by atoms with Gasteiger partial charge in [-0.1, -0.05) is 30.3 Å². The van der Waals surface area contributed by atoms with E-state index in [0.717, 1.165) is 16.0 Å². The molecule has 2 rings (SSSR count). The third kappa shape index (κ3) is 4.35. The molecule has 2 aromatic rings. The van der Waals surface area contributed by atoms with Crippen molar-refractivity contribution in [1.29, 1.82) is 0 Å². The zero-order valence-electron chi connectivity index (χ0n) is 10.4. The topological polar surface area (TPSA) is 49.3 Å². The Morgan fingerprint density at radius 3 is 2.84 bits per heavy atom.